The van der Waals surface area contributed by atoms with E-state index in [0.29, 0.717) is 6.42 Å². The fourth-order valence-electron chi connectivity index (χ4n) is 3.65. The van der Waals surface area contributed by atoms with Gasteiger partial charge in [0.1, 0.15) is 0 Å². The van der Waals surface area contributed by atoms with Crippen LogP contribution in [0.25, 0.3) is 0 Å². The first kappa shape index (κ1) is 24.9. The average Bonchev–Trinajstić information content (AvgIpc) is 3.21. The summed E-state index contributed by atoms with van der Waals surface area (Å²) in [6.45, 7) is 8.10. The third-order valence-corrected chi connectivity index (χ3v) is 6.71. The summed E-state index contributed by atoms with van der Waals surface area (Å²) in [7, 11) is 0. The molecule has 1 heterocycles. The largest absolute Gasteiger partial charge is 0.481 e. The molecule has 1 unspecified atom stereocenters. The number of halogens is 3. The first-order valence-electron chi connectivity index (χ1n) is 10.5. The van der Waals surface area contributed by atoms with E-state index in [2.05, 4.69) is 31.0 Å². The van der Waals surface area contributed by atoms with Crippen molar-refractivity contribution in [1.82, 2.24) is 10.2 Å². The quantitative estimate of drug-likeness (QED) is 0.363. The van der Waals surface area contributed by atoms with Crippen LogP contribution in [-0.2, 0) is 22.8 Å². The molecule has 0 fully saturated rings. The van der Waals surface area contributed by atoms with Crippen molar-refractivity contribution >= 4 is 17.7 Å². The van der Waals surface area contributed by atoms with Gasteiger partial charge in [0.15, 0.2) is 0 Å². The van der Waals surface area contributed by atoms with Gasteiger partial charge in [0.05, 0.1) is 17.0 Å². The Kier molecular flexibility index (Phi) is 7.26. The maximum Gasteiger partial charge on any atom is 0.416 e. The molecular formula is C25H27F3N2O2S. The molecule has 0 aliphatic carbocycles. The van der Waals surface area contributed by atoms with E-state index in [1.54, 1.807) is 6.20 Å². The number of rotatable bonds is 7. The van der Waals surface area contributed by atoms with Crippen molar-refractivity contribution in [2.24, 2.45) is 0 Å². The van der Waals surface area contributed by atoms with Crippen molar-refractivity contribution in [2.75, 3.05) is 0 Å². The summed E-state index contributed by atoms with van der Waals surface area (Å²) in [6, 6.07) is 11.1. The van der Waals surface area contributed by atoms with Gasteiger partial charge in [-0.1, -0.05) is 39.0 Å². The minimum Gasteiger partial charge on any atom is -0.481 e. The van der Waals surface area contributed by atoms with Crippen molar-refractivity contribution in [1.29, 1.82) is 0 Å². The summed E-state index contributed by atoms with van der Waals surface area (Å²) in [5, 5.41) is 16.0. The molecule has 1 aromatic heterocycles. The number of nitrogens with one attached hydrogen (secondary N) is 1. The first-order chi connectivity index (χ1) is 15.4. The molecule has 0 saturated heterocycles. The van der Waals surface area contributed by atoms with Crippen LogP contribution in [0.4, 0.5) is 13.2 Å². The van der Waals surface area contributed by atoms with Crippen molar-refractivity contribution in [3.05, 3.63) is 82.2 Å². The average molecular weight is 477 g/mol. The van der Waals surface area contributed by atoms with Gasteiger partial charge in [-0.05, 0) is 54.3 Å². The minimum atomic E-state index is -4.39. The van der Waals surface area contributed by atoms with E-state index >= 15 is 0 Å². The number of aromatic amines is 1. The second kappa shape index (κ2) is 9.63. The molecule has 176 valence electrons. The molecule has 2 N–H and O–H groups in total. The third-order valence-electron chi connectivity index (χ3n) is 5.42. The van der Waals surface area contributed by atoms with E-state index in [9.17, 15) is 18.0 Å². The van der Waals surface area contributed by atoms with Crippen LogP contribution in [0.1, 0.15) is 66.0 Å². The lowest BCUT2D eigenvalue weighted by atomic mass is 9.87. The summed E-state index contributed by atoms with van der Waals surface area (Å²) < 4.78 is 39.3. The number of hydrogen-bond acceptors (Lipinski definition) is 3. The van der Waals surface area contributed by atoms with Gasteiger partial charge in [-0.25, -0.2) is 0 Å². The molecule has 4 nitrogen and oxygen atoms in total. The Morgan fingerprint density at radius 3 is 2.33 bits per heavy atom. The van der Waals surface area contributed by atoms with Gasteiger partial charge in [-0.3, -0.25) is 9.89 Å². The van der Waals surface area contributed by atoms with Crippen molar-refractivity contribution in [3.8, 4) is 0 Å². The molecule has 2 aromatic carbocycles. The molecule has 0 aliphatic heterocycles. The molecular weight excluding hydrogens is 449 g/mol. The van der Waals surface area contributed by atoms with Gasteiger partial charge in [0, 0.05) is 28.0 Å². The number of H-pyrrole nitrogens is 1. The minimum absolute atomic E-state index is 0.0610. The molecule has 0 spiro atoms. The van der Waals surface area contributed by atoms with Crippen LogP contribution in [0.2, 0.25) is 0 Å². The number of carbonyl (C=O) groups is 1. The highest BCUT2D eigenvalue weighted by Gasteiger charge is 2.31. The smallest absolute Gasteiger partial charge is 0.416 e. The normalized spacial score (nSPS) is 13.2. The molecule has 0 saturated carbocycles. The zero-order valence-electron chi connectivity index (χ0n) is 19.0. The zero-order chi connectivity index (χ0) is 24.4. The maximum absolute atomic E-state index is 13.1. The third kappa shape index (κ3) is 6.19. The number of benzene rings is 2. The number of aryl methyl sites for hydroxylation is 2. The van der Waals surface area contributed by atoms with Gasteiger partial charge in [-0.2, -0.15) is 18.3 Å². The maximum atomic E-state index is 13.1. The summed E-state index contributed by atoms with van der Waals surface area (Å²) in [5.41, 5.74) is 3.62. The van der Waals surface area contributed by atoms with Crippen LogP contribution < -0.4 is 0 Å². The molecule has 33 heavy (non-hydrogen) atoms. The van der Waals surface area contributed by atoms with Crippen LogP contribution in [0.3, 0.4) is 0 Å². The Bertz CT molecular complexity index is 1120. The lowest BCUT2D eigenvalue weighted by Gasteiger charge is -2.24. The van der Waals surface area contributed by atoms with Crippen LogP contribution in [0.15, 0.2) is 53.6 Å². The number of carboxylic acid groups (broad SMARTS) is 1. The van der Waals surface area contributed by atoms with Gasteiger partial charge in [-0.15, -0.1) is 11.8 Å². The van der Waals surface area contributed by atoms with Crippen LogP contribution in [0, 0.1) is 6.92 Å². The van der Waals surface area contributed by atoms with Gasteiger partial charge >= 0.3 is 12.1 Å². The highest BCUT2D eigenvalue weighted by molar-refractivity contribution is 7.99. The highest BCUT2D eigenvalue weighted by atomic mass is 32.2. The molecule has 0 amide bonds. The number of nitrogens with zero attached hydrogens (tertiary/aromatic N) is 1. The molecule has 0 bridgehead atoms. The molecule has 0 radical (unpaired) electrons. The Morgan fingerprint density at radius 2 is 1.79 bits per heavy atom. The summed E-state index contributed by atoms with van der Waals surface area (Å²) in [5.74, 6) is -0.843. The Balaban J connectivity index is 1.99. The highest BCUT2D eigenvalue weighted by Crippen LogP contribution is 2.44. The molecule has 3 rings (SSSR count). The predicted octanol–water partition coefficient (Wildman–Crippen LogP) is 6.93. The van der Waals surface area contributed by atoms with Crippen molar-refractivity contribution < 1.29 is 23.1 Å². The number of thioether (sulfide) groups is 1. The second-order valence-corrected chi connectivity index (χ2v) is 10.2. The summed E-state index contributed by atoms with van der Waals surface area (Å²) >= 11 is 1.53. The van der Waals surface area contributed by atoms with Crippen molar-refractivity contribution in [3.63, 3.8) is 0 Å². The SMILES string of the molecule is Cc1cc(SC(c2ccc(C(F)(F)F)cc2)c2cn[nH]c2C(C)(C)C)ccc1CCC(=O)O. The van der Waals surface area contributed by atoms with Gasteiger partial charge < -0.3 is 5.11 Å². The fourth-order valence-corrected chi connectivity index (χ4v) is 4.92. The predicted molar refractivity (Wildman–Crippen MR) is 124 cm³/mol. The Labute approximate surface area is 195 Å². The van der Waals surface area contributed by atoms with Gasteiger partial charge in [0.2, 0.25) is 0 Å². The first-order valence-corrected chi connectivity index (χ1v) is 11.4. The summed E-state index contributed by atoms with van der Waals surface area (Å²) in [6.07, 6.45) is -2.14. The number of aliphatic carboxylic acids is 1. The summed E-state index contributed by atoms with van der Waals surface area (Å²) in [4.78, 5) is 11.8. The molecule has 8 heteroatoms. The Hall–Kier alpha value is -2.74. The monoisotopic (exact) mass is 476 g/mol. The molecule has 1 atom stereocenters. The number of aromatic nitrogens is 2. The van der Waals surface area contributed by atoms with Crippen LogP contribution in [-0.4, -0.2) is 21.3 Å². The van der Waals surface area contributed by atoms with E-state index < -0.39 is 17.7 Å². The lowest BCUT2D eigenvalue weighted by molar-refractivity contribution is -0.138. The Morgan fingerprint density at radius 1 is 1.12 bits per heavy atom. The number of alkyl halides is 3. The molecule has 3 aromatic rings. The van der Waals surface area contributed by atoms with E-state index in [4.69, 9.17) is 5.11 Å². The van der Waals surface area contributed by atoms with E-state index in [1.165, 1.54) is 23.9 Å². The lowest BCUT2D eigenvalue weighted by Crippen LogP contribution is -2.15. The molecule has 0 aliphatic rings. The van der Waals surface area contributed by atoms with E-state index in [0.717, 1.165) is 45.0 Å². The van der Waals surface area contributed by atoms with Crippen LogP contribution >= 0.6 is 11.8 Å². The number of hydrogen-bond donors (Lipinski definition) is 2. The van der Waals surface area contributed by atoms with Crippen molar-refractivity contribution in [2.45, 2.75) is 62.3 Å². The van der Waals surface area contributed by atoms with E-state index in [-0.39, 0.29) is 17.1 Å². The fraction of sp³-hybridized carbons (Fsp3) is 0.360. The second-order valence-electron chi connectivity index (χ2n) is 9.05. The topological polar surface area (TPSA) is 66.0 Å². The van der Waals surface area contributed by atoms with E-state index in [1.807, 2.05) is 25.1 Å². The van der Waals surface area contributed by atoms with Crippen LogP contribution in [0.5, 0.6) is 0 Å². The van der Waals surface area contributed by atoms with Gasteiger partial charge in [0.25, 0.3) is 0 Å². The zero-order valence-corrected chi connectivity index (χ0v) is 19.8. The number of carboxylic acids is 1. The standard InChI is InChI=1S/C25H27F3N2O2S/c1-15-13-19(11-7-16(15)8-12-21(31)32)33-22(20-14-29-30-23(20)24(2,3)4)17-5-9-18(10-6-17)25(26,27)28/h5-7,9-11,13-14,22H,8,12H2,1-4H3,(H,29,30)(H,31,32).